The molecule has 34 heavy (non-hydrogen) atoms. The first-order chi connectivity index (χ1) is 16.5. The predicted molar refractivity (Wildman–Crippen MR) is 121 cm³/mol. The quantitative estimate of drug-likeness (QED) is 0.584. The molecule has 0 radical (unpaired) electrons. The number of hydrogen-bond donors (Lipinski definition) is 1. The van der Waals surface area contributed by atoms with Gasteiger partial charge in [0.2, 0.25) is 11.7 Å². The fourth-order valence-electron chi connectivity index (χ4n) is 4.53. The van der Waals surface area contributed by atoms with Crippen molar-refractivity contribution in [3.63, 3.8) is 0 Å². The third-order valence-corrected chi connectivity index (χ3v) is 6.28. The van der Waals surface area contributed by atoms with Crippen LogP contribution in [0.15, 0.2) is 34.7 Å². The number of nitrogens with zero attached hydrogens (tertiary/aromatic N) is 2. The molecule has 2 aromatic rings. The molecule has 4 rings (SSSR count). The van der Waals surface area contributed by atoms with Gasteiger partial charge in [0.25, 0.3) is 0 Å². The van der Waals surface area contributed by atoms with E-state index in [-0.39, 0.29) is 36.8 Å². The van der Waals surface area contributed by atoms with Crippen LogP contribution >= 0.6 is 0 Å². The Morgan fingerprint density at radius 3 is 2.65 bits per heavy atom. The van der Waals surface area contributed by atoms with E-state index < -0.39 is 12.0 Å². The molecule has 2 fully saturated rings. The number of carbonyl (C=O) groups is 3. The second-order valence-corrected chi connectivity index (χ2v) is 8.24. The molecule has 0 aliphatic carbocycles. The monoisotopic (exact) mass is 471 g/mol. The van der Waals surface area contributed by atoms with Crippen LogP contribution in [-0.2, 0) is 22.5 Å². The summed E-state index contributed by atoms with van der Waals surface area (Å²) < 4.78 is 20.9. The molecule has 2 unspecified atom stereocenters. The third kappa shape index (κ3) is 4.58. The van der Waals surface area contributed by atoms with E-state index in [1.807, 2.05) is 12.1 Å². The van der Waals surface area contributed by atoms with Gasteiger partial charge in [-0.05, 0) is 55.6 Å². The maximum atomic E-state index is 13.5. The highest BCUT2D eigenvalue weighted by Crippen LogP contribution is 2.29. The van der Waals surface area contributed by atoms with Crippen molar-refractivity contribution in [3.8, 4) is 11.5 Å². The van der Waals surface area contributed by atoms with Gasteiger partial charge in [-0.1, -0.05) is 6.07 Å². The van der Waals surface area contributed by atoms with Crippen molar-refractivity contribution in [1.29, 1.82) is 0 Å². The molecule has 2 saturated heterocycles. The van der Waals surface area contributed by atoms with E-state index >= 15 is 0 Å². The first-order valence-corrected chi connectivity index (χ1v) is 11.2. The van der Waals surface area contributed by atoms with Gasteiger partial charge in [0.15, 0.2) is 11.5 Å². The lowest BCUT2D eigenvalue weighted by molar-refractivity contribution is -0.137. The Morgan fingerprint density at radius 2 is 1.91 bits per heavy atom. The first kappa shape index (κ1) is 23.6. The lowest BCUT2D eigenvalue weighted by Crippen LogP contribution is -2.69. The van der Waals surface area contributed by atoms with Crippen molar-refractivity contribution in [2.45, 2.75) is 37.9 Å². The molecule has 1 aromatic heterocycles. The van der Waals surface area contributed by atoms with Crippen LogP contribution < -0.4 is 14.8 Å². The second kappa shape index (κ2) is 10.2. The number of nitrogens with one attached hydrogen (secondary N) is 1. The Kier molecular flexibility index (Phi) is 7.06. The number of hydrogen-bond acceptors (Lipinski definition) is 8. The summed E-state index contributed by atoms with van der Waals surface area (Å²) in [5, 5.41) is 3.27. The molecule has 2 atom stereocenters. The van der Waals surface area contributed by atoms with Crippen molar-refractivity contribution in [2.75, 3.05) is 34.4 Å². The van der Waals surface area contributed by atoms with E-state index in [9.17, 15) is 14.4 Å². The van der Waals surface area contributed by atoms with E-state index in [0.717, 1.165) is 12.0 Å². The summed E-state index contributed by atoms with van der Waals surface area (Å²) in [6, 6.07) is 7.57. The van der Waals surface area contributed by atoms with Crippen LogP contribution in [0.5, 0.6) is 11.5 Å². The van der Waals surface area contributed by atoms with Crippen molar-refractivity contribution in [1.82, 2.24) is 15.1 Å². The Hall–Kier alpha value is -3.53. The van der Waals surface area contributed by atoms with E-state index in [1.165, 1.54) is 18.1 Å². The number of esters is 1. The molecule has 1 aromatic carbocycles. The van der Waals surface area contributed by atoms with Crippen LogP contribution in [0.1, 0.15) is 34.7 Å². The highest BCUT2D eigenvalue weighted by molar-refractivity contribution is 6.00. The number of fused-ring (bicyclic) bond motifs is 1. The van der Waals surface area contributed by atoms with Crippen molar-refractivity contribution >= 4 is 17.9 Å². The summed E-state index contributed by atoms with van der Waals surface area (Å²) in [4.78, 5) is 41.4. The van der Waals surface area contributed by atoms with Crippen LogP contribution in [-0.4, -0.2) is 74.2 Å². The molecule has 1 N–H and O–H groups in total. The van der Waals surface area contributed by atoms with E-state index in [0.29, 0.717) is 36.6 Å². The number of methoxy groups -OCH3 is 3. The molecule has 10 nitrogen and oxygen atoms in total. The second-order valence-electron chi connectivity index (χ2n) is 8.24. The smallest absolute Gasteiger partial charge is 0.373 e. The maximum absolute atomic E-state index is 13.5. The van der Waals surface area contributed by atoms with E-state index in [1.54, 1.807) is 31.3 Å². The summed E-state index contributed by atoms with van der Waals surface area (Å²) in [6.07, 6.45) is 2.04. The topological polar surface area (TPSA) is 111 Å². The standard InChI is InChI=1S/C24H29N3O7/c1-31-18-8-6-15(13-20(18)32-2)10-12-26-22(28)21-17(5-4-11-25-21)27(24(26)30)14-16-7-9-19(34-16)23(29)33-3/h6-9,13,17,21,25H,4-5,10-12,14H2,1-3H3. The summed E-state index contributed by atoms with van der Waals surface area (Å²) in [5.41, 5.74) is 0.914. The lowest BCUT2D eigenvalue weighted by Gasteiger charge is -2.46. The van der Waals surface area contributed by atoms with Crippen LogP contribution in [0.2, 0.25) is 0 Å². The van der Waals surface area contributed by atoms with Crippen LogP contribution in [0.25, 0.3) is 0 Å². The number of piperidine rings is 1. The van der Waals surface area contributed by atoms with Crippen LogP contribution in [0.3, 0.4) is 0 Å². The Balaban J connectivity index is 1.53. The number of carbonyl (C=O) groups excluding carboxylic acids is 3. The average molecular weight is 472 g/mol. The summed E-state index contributed by atoms with van der Waals surface area (Å²) in [6.45, 7) is 1.09. The largest absolute Gasteiger partial charge is 0.493 e. The number of rotatable bonds is 8. The van der Waals surface area contributed by atoms with Gasteiger partial charge in [-0.2, -0.15) is 0 Å². The van der Waals surface area contributed by atoms with Gasteiger partial charge in [0.05, 0.1) is 33.9 Å². The zero-order valence-corrected chi connectivity index (χ0v) is 19.5. The van der Waals surface area contributed by atoms with Gasteiger partial charge in [-0.25, -0.2) is 9.59 Å². The number of benzene rings is 1. The maximum Gasteiger partial charge on any atom is 0.373 e. The van der Waals surface area contributed by atoms with Crippen molar-refractivity contribution < 1.29 is 33.0 Å². The number of furan rings is 1. The fourth-order valence-corrected chi connectivity index (χ4v) is 4.53. The van der Waals surface area contributed by atoms with Crippen molar-refractivity contribution in [3.05, 3.63) is 47.4 Å². The molecule has 2 aliphatic heterocycles. The summed E-state index contributed by atoms with van der Waals surface area (Å²) in [7, 11) is 4.41. The average Bonchev–Trinajstić information content (AvgIpc) is 3.34. The minimum atomic E-state index is -0.583. The van der Waals surface area contributed by atoms with Gasteiger partial charge in [-0.15, -0.1) is 0 Å². The number of urea groups is 1. The molecule has 2 aliphatic rings. The minimum absolute atomic E-state index is 0.0710. The number of ether oxygens (including phenoxy) is 3. The summed E-state index contributed by atoms with van der Waals surface area (Å²) >= 11 is 0. The van der Waals surface area contributed by atoms with Gasteiger partial charge in [0.1, 0.15) is 11.8 Å². The van der Waals surface area contributed by atoms with Crippen molar-refractivity contribution in [2.24, 2.45) is 0 Å². The molecule has 3 heterocycles. The Bertz CT molecular complexity index is 1070. The van der Waals surface area contributed by atoms with Gasteiger partial charge >= 0.3 is 12.0 Å². The lowest BCUT2D eigenvalue weighted by atomic mass is 9.93. The SMILES string of the molecule is COC(=O)c1ccc(CN2C(=O)N(CCc3ccc(OC)c(OC)c3)C(=O)C3NCCCC32)o1. The molecule has 3 amide bonds. The molecule has 182 valence electrons. The zero-order valence-electron chi connectivity index (χ0n) is 19.5. The molecule has 0 saturated carbocycles. The first-order valence-electron chi connectivity index (χ1n) is 11.2. The van der Waals surface area contributed by atoms with Gasteiger partial charge < -0.3 is 28.8 Å². The normalized spacial score (nSPS) is 20.2. The molecule has 0 spiro atoms. The van der Waals surface area contributed by atoms with Crippen LogP contribution in [0, 0.1) is 0 Å². The predicted octanol–water partition coefficient (Wildman–Crippen LogP) is 2.21. The highest BCUT2D eigenvalue weighted by atomic mass is 16.5. The molecule has 0 bridgehead atoms. The molecular weight excluding hydrogens is 442 g/mol. The molecule has 10 heteroatoms. The highest BCUT2D eigenvalue weighted by Gasteiger charge is 2.47. The van der Waals surface area contributed by atoms with E-state index in [4.69, 9.17) is 13.9 Å². The number of imide groups is 1. The fraction of sp³-hybridized carbons (Fsp3) is 0.458. The Morgan fingerprint density at radius 1 is 1.12 bits per heavy atom. The third-order valence-electron chi connectivity index (χ3n) is 6.28. The van der Waals surface area contributed by atoms with Gasteiger partial charge in [-0.3, -0.25) is 9.69 Å². The molecular formula is C24H29N3O7. The minimum Gasteiger partial charge on any atom is -0.493 e. The van der Waals surface area contributed by atoms with Crippen LogP contribution in [0.4, 0.5) is 4.79 Å². The summed E-state index contributed by atoms with van der Waals surface area (Å²) in [5.74, 6) is 0.919. The number of amides is 3. The van der Waals surface area contributed by atoms with Gasteiger partial charge in [0, 0.05) is 6.54 Å². The zero-order chi connectivity index (χ0) is 24.2. The van der Waals surface area contributed by atoms with E-state index in [2.05, 4.69) is 10.1 Å². The Labute approximate surface area is 197 Å².